The Hall–Kier alpha value is -2.77. The molecule has 0 N–H and O–H groups in total. The Kier molecular flexibility index (Phi) is 5.53. The van der Waals surface area contributed by atoms with E-state index in [1.807, 2.05) is 25.1 Å². The highest BCUT2D eigenvalue weighted by molar-refractivity contribution is 5.78. The molecule has 8 heteroatoms. The van der Waals surface area contributed by atoms with Crippen molar-refractivity contribution in [2.24, 2.45) is 13.0 Å². The van der Waals surface area contributed by atoms with Crippen LogP contribution in [-0.4, -0.2) is 45.9 Å². The van der Waals surface area contributed by atoms with Crippen molar-refractivity contribution < 1.29 is 14.3 Å². The van der Waals surface area contributed by atoms with Crippen molar-refractivity contribution in [2.75, 3.05) is 20.8 Å². The third-order valence-electron chi connectivity index (χ3n) is 4.91. The number of ether oxygens (including phenoxy) is 2. The van der Waals surface area contributed by atoms with Crippen LogP contribution in [0, 0.1) is 5.92 Å². The number of carbonyl (C=O) groups is 1. The molecule has 1 unspecified atom stereocenters. The summed E-state index contributed by atoms with van der Waals surface area (Å²) in [5.74, 6) is 1.85. The van der Waals surface area contributed by atoms with Crippen LogP contribution in [0.4, 0.5) is 0 Å². The molecule has 1 atom stereocenters. The molecule has 0 saturated carbocycles. The largest absolute Gasteiger partial charge is 0.493 e. The van der Waals surface area contributed by atoms with Gasteiger partial charge in [-0.25, -0.2) is 9.48 Å². The molecule has 0 bridgehead atoms. The van der Waals surface area contributed by atoms with Crippen LogP contribution in [0.2, 0.25) is 0 Å². The number of nitrogens with zero attached hydrogens (tertiary/aromatic N) is 4. The number of hydrogen-bond acceptors (Lipinski definition) is 5. The van der Waals surface area contributed by atoms with Crippen LogP contribution < -0.4 is 15.2 Å². The Labute approximate surface area is 158 Å². The third-order valence-corrected chi connectivity index (χ3v) is 4.91. The zero-order valence-corrected chi connectivity index (χ0v) is 16.3. The highest BCUT2D eigenvalue weighted by atomic mass is 16.5. The Balaban J connectivity index is 1.75. The summed E-state index contributed by atoms with van der Waals surface area (Å²) in [6.07, 6.45) is 1.32. The predicted octanol–water partition coefficient (Wildman–Crippen LogP) is 1.21. The van der Waals surface area contributed by atoms with Crippen LogP contribution in [0.3, 0.4) is 0 Å². The fourth-order valence-electron chi connectivity index (χ4n) is 3.54. The summed E-state index contributed by atoms with van der Waals surface area (Å²) in [7, 11) is 5.01. The van der Waals surface area contributed by atoms with E-state index < -0.39 is 0 Å². The average molecular weight is 374 g/mol. The number of amides is 1. The fraction of sp³-hybridized carbons (Fsp3) is 0.526. The maximum Gasteiger partial charge on any atom is 0.345 e. The van der Waals surface area contributed by atoms with Gasteiger partial charge in [0.25, 0.3) is 0 Å². The molecule has 1 aromatic carbocycles. The van der Waals surface area contributed by atoms with Gasteiger partial charge in [-0.15, -0.1) is 0 Å². The zero-order chi connectivity index (χ0) is 19.6. The molecule has 1 aliphatic heterocycles. The molecular formula is C19H26N4O4. The highest BCUT2D eigenvalue weighted by Gasteiger charge is 2.30. The first-order valence-corrected chi connectivity index (χ1v) is 9.12. The Bertz CT molecular complexity index is 886. The third kappa shape index (κ3) is 3.70. The summed E-state index contributed by atoms with van der Waals surface area (Å²) >= 11 is 0. The summed E-state index contributed by atoms with van der Waals surface area (Å²) in [5.41, 5.74) is 0.721. The number of benzene rings is 1. The highest BCUT2D eigenvalue weighted by Crippen LogP contribution is 2.32. The van der Waals surface area contributed by atoms with Gasteiger partial charge in [0, 0.05) is 39.2 Å². The van der Waals surface area contributed by atoms with E-state index in [0.717, 1.165) is 11.4 Å². The van der Waals surface area contributed by atoms with E-state index >= 15 is 0 Å². The van der Waals surface area contributed by atoms with Crippen molar-refractivity contribution in [2.45, 2.75) is 32.9 Å². The SMILES string of the molecule is CCOc1c(CN(C)C(=O)C2CCc3nn(C)c(=O)n3C2)cccc1OC. The van der Waals surface area contributed by atoms with E-state index in [0.29, 0.717) is 44.0 Å². The molecular weight excluding hydrogens is 348 g/mol. The number of aromatic nitrogens is 3. The summed E-state index contributed by atoms with van der Waals surface area (Å²) in [6.45, 7) is 3.22. The van der Waals surface area contributed by atoms with E-state index in [1.54, 1.807) is 30.7 Å². The number of methoxy groups -OCH3 is 1. The molecule has 0 spiro atoms. The fourth-order valence-corrected chi connectivity index (χ4v) is 3.54. The van der Waals surface area contributed by atoms with E-state index in [1.165, 1.54) is 4.68 Å². The van der Waals surface area contributed by atoms with Crippen molar-refractivity contribution in [3.63, 3.8) is 0 Å². The zero-order valence-electron chi connectivity index (χ0n) is 16.3. The monoisotopic (exact) mass is 374 g/mol. The van der Waals surface area contributed by atoms with Crippen LogP contribution in [0.5, 0.6) is 11.5 Å². The molecule has 0 radical (unpaired) electrons. The average Bonchev–Trinajstić information content (AvgIpc) is 2.96. The molecule has 1 aromatic heterocycles. The van der Waals surface area contributed by atoms with Gasteiger partial charge in [0.1, 0.15) is 5.82 Å². The minimum Gasteiger partial charge on any atom is -0.493 e. The van der Waals surface area contributed by atoms with Gasteiger partial charge in [-0.2, -0.15) is 5.10 Å². The quantitative estimate of drug-likeness (QED) is 0.759. The topological polar surface area (TPSA) is 78.6 Å². The molecule has 146 valence electrons. The first-order chi connectivity index (χ1) is 13.0. The number of para-hydroxylation sites is 1. The summed E-state index contributed by atoms with van der Waals surface area (Å²) in [6, 6.07) is 5.66. The number of fused-ring (bicyclic) bond motifs is 1. The molecule has 2 heterocycles. The second-order valence-corrected chi connectivity index (χ2v) is 6.74. The van der Waals surface area contributed by atoms with E-state index in [2.05, 4.69) is 5.10 Å². The summed E-state index contributed by atoms with van der Waals surface area (Å²) in [4.78, 5) is 26.8. The molecule has 1 amide bonds. The molecule has 27 heavy (non-hydrogen) atoms. The van der Waals surface area contributed by atoms with Crippen molar-refractivity contribution in [3.05, 3.63) is 40.1 Å². The molecule has 3 rings (SSSR count). The van der Waals surface area contributed by atoms with E-state index in [9.17, 15) is 9.59 Å². The lowest BCUT2D eigenvalue weighted by atomic mass is 9.97. The Morgan fingerprint density at radius 3 is 2.89 bits per heavy atom. The van der Waals surface area contributed by atoms with Crippen molar-refractivity contribution >= 4 is 5.91 Å². The van der Waals surface area contributed by atoms with Gasteiger partial charge in [-0.1, -0.05) is 12.1 Å². The van der Waals surface area contributed by atoms with Gasteiger partial charge in [-0.05, 0) is 19.4 Å². The van der Waals surface area contributed by atoms with Crippen molar-refractivity contribution in [1.82, 2.24) is 19.2 Å². The van der Waals surface area contributed by atoms with Crippen LogP contribution in [0.25, 0.3) is 0 Å². The standard InChI is InChI=1S/C19H26N4O4/c1-5-27-17-13(7-6-8-15(17)26-4)11-21(2)18(24)14-9-10-16-20-22(3)19(25)23(16)12-14/h6-8,14H,5,9-12H2,1-4H3. The molecule has 0 saturated heterocycles. The van der Waals surface area contributed by atoms with Gasteiger partial charge in [-0.3, -0.25) is 9.36 Å². The lowest BCUT2D eigenvalue weighted by Crippen LogP contribution is -2.39. The van der Waals surface area contributed by atoms with E-state index in [4.69, 9.17) is 9.47 Å². The Morgan fingerprint density at radius 1 is 1.41 bits per heavy atom. The maximum absolute atomic E-state index is 13.0. The van der Waals surface area contributed by atoms with Gasteiger partial charge < -0.3 is 14.4 Å². The van der Waals surface area contributed by atoms with Crippen LogP contribution in [0.1, 0.15) is 24.7 Å². The number of rotatable bonds is 6. The number of hydrogen-bond donors (Lipinski definition) is 0. The van der Waals surface area contributed by atoms with Gasteiger partial charge in [0.2, 0.25) is 5.91 Å². The van der Waals surface area contributed by atoms with Crippen LogP contribution in [-0.2, 0) is 31.4 Å². The Morgan fingerprint density at radius 2 is 2.19 bits per heavy atom. The molecule has 0 fully saturated rings. The first-order valence-electron chi connectivity index (χ1n) is 9.12. The van der Waals surface area contributed by atoms with Crippen LogP contribution in [0.15, 0.2) is 23.0 Å². The number of carbonyl (C=O) groups excluding carboxylic acids is 1. The van der Waals surface area contributed by atoms with Crippen molar-refractivity contribution in [3.8, 4) is 11.5 Å². The minimum absolute atomic E-state index is 0.0154. The van der Waals surface area contributed by atoms with Crippen molar-refractivity contribution in [1.29, 1.82) is 0 Å². The van der Waals surface area contributed by atoms with Crippen LogP contribution >= 0.6 is 0 Å². The summed E-state index contributed by atoms with van der Waals surface area (Å²) < 4.78 is 14.0. The van der Waals surface area contributed by atoms with Gasteiger partial charge in [0.05, 0.1) is 19.6 Å². The number of aryl methyl sites for hydroxylation is 2. The smallest absolute Gasteiger partial charge is 0.345 e. The predicted molar refractivity (Wildman–Crippen MR) is 99.9 cm³/mol. The second-order valence-electron chi connectivity index (χ2n) is 6.74. The van der Waals surface area contributed by atoms with Gasteiger partial charge in [0.15, 0.2) is 11.5 Å². The molecule has 1 aliphatic rings. The second kappa shape index (κ2) is 7.85. The van der Waals surface area contributed by atoms with E-state index in [-0.39, 0.29) is 17.5 Å². The molecule has 8 nitrogen and oxygen atoms in total. The maximum atomic E-state index is 13.0. The lowest BCUT2D eigenvalue weighted by molar-refractivity contribution is -0.135. The minimum atomic E-state index is -0.231. The first kappa shape index (κ1) is 19.0. The lowest BCUT2D eigenvalue weighted by Gasteiger charge is -2.27. The van der Waals surface area contributed by atoms with Gasteiger partial charge >= 0.3 is 5.69 Å². The molecule has 2 aromatic rings. The molecule has 0 aliphatic carbocycles. The normalized spacial score (nSPS) is 15.9. The summed E-state index contributed by atoms with van der Waals surface area (Å²) in [5, 5.41) is 4.22.